The molecule has 2 aromatic carbocycles. The number of benzene rings is 2. The smallest absolute Gasteiger partial charge is 0.255 e. The first-order valence-electron chi connectivity index (χ1n) is 5.91. The van der Waals surface area contributed by atoms with Gasteiger partial charge in [-0.2, -0.15) is 0 Å². The van der Waals surface area contributed by atoms with Crippen LogP contribution in [0.3, 0.4) is 0 Å². The summed E-state index contributed by atoms with van der Waals surface area (Å²) < 4.78 is 14.8. The van der Waals surface area contributed by atoms with Crippen LogP contribution >= 0.6 is 31.9 Å². The third-order valence-corrected chi connectivity index (χ3v) is 4.06. The number of carbonyl (C=O) groups excluding carboxylic acids is 1. The molecule has 2 nitrogen and oxygen atoms in total. The van der Waals surface area contributed by atoms with Gasteiger partial charge in [0.15, 0.2) is 0 Å². The van der Waals surface area contributed by atoms with Crippen molar-refractivity contribution in [1.29, 1.82) is 0 Å². The van der Waals surface area contributed by atoms with Crippen molar-refractivity contribution in [3.05, 3.63) is 61.8 Å². The molecule has 0 bridgehead atoms. The minimum atomic E-state index is -0.406. The van der Waals surface area contributed by atoms with Crippen LogP contribution in [0.5, 0.6) is 0 Å². The van der Waals surface area contributed by atoms with E-state index in [1.165, 1.54) is 6.07 Å². The van der Waals surface area contributed by atoms with E-state index in [0.29, 0.717) is 15.7 Å². The molecule has 0 saturated heterocycles. The maximum absolute atomic E-state index is 13.5. The summed E-state index contributed by atoms with van der Waals surface area (Å²) in [5.74, 6) is -0.662. The third kappa shape index (κ3) is 3.27. The molecule has 0 saturated carbocycles. The van der Waals surface area contributed by atoms with E-state index in [-0.39, 0.29) is 5.91 Å². The van der Waals surface area contributed by atoms with Gasteiger partial charge in [0, 0.05) is 15.7 Å². The number of hydrogen-bond donors (Lipinski definition) is 1. The van der Waals surface area contributed by atoms with Crippen LogP contribution in [-0.4, -0.2) is 5.91 Å². The highest BCUT2D eigenvalue weighted by molar-refractivity contribution is 9.10. The SMILES string of the molecule is Cc1cc(Br)c(F)cc1NC(=O)c1cc(Br)ccc1C. The van der Waals surface area contributed by atoms with Gasteiger partial charge in [0.1, 0.15) is 5.82 Å². The first kappa shape index (κ1) is 15.2. The van der Waals surface area contributed by atoms with E-state index in [1.54, 1.807) is 12.1 Å². The van der Waals surface area contributed by atoms with Gasteiger partial charge in [-0.25, -0.2) is 4.39 Å². The number of carbonyl (C=O) groups is 1. The van der Waals surface area contributed by atoms with Crippen molar-refractivity contribution in [2.75, 3.05) is 5.32 Å². The number of amides is 1. The van der Waals surface area contributed by atoms with Crippen molar-refractivity contribution in [3.63, 3.8) is 0 Å². The van der Waals surface area contributed by atoms with E-state index < -0.39 is 5.82 Å². The second-order valence-corrected chi connectivity index (χ2v) is 6.26. The van der Waals surface area contributed by atoms with Crippen LogP contribution < -0.4 is 5.32 Å². The van der Waals surface area contributed by atoms with Crippen LogP contribution in [0.4, 0.5) is 10.1 Å². The van der Waals surface area contributed by atoms with Crippen molar-refractivity contribution < 1.29 is 9.18 Å². The average molecular weight is 401 g/mol. The topological polar surface area (TPSA) is 29.1 Å². The summed E-state index contributed by atoms with van der Waals surface area (Å²) in [5.41, 5.74) is 2.68. The summed E-state index contributed by atoms with van der Waals surface area (Å²) in [7, 11) is 0. The van der Waals surface area contributed by atoms with Crippen molar-refractivity contribution in [2.45, 2.75) is 13.8 Å². The molecule has 1 N–H and O–H groups in total. The molecule has 0 fully saturated rings. The van der Waals surface area contributed by atoms with Gasteiger partial charge in [-0.3, -0.25) is 4.79 Å². The van der Waals surface area contributed by atoms with Crippen molar-refractivity contribution in [2.24, 2.45) is 0 Å². The zero-order valence-corrected chi connectivity index (χ0v) is 14.1. The Bertz CT molecular complexity index is 686. The summed E-state index contributed by atoms with van der Waals surface area (Å²) in [4.78, 5) is 12.3. The number of rotatable bonds is 2. The molecule has 5 heteroatoms. The fraction of sp³-hybridized carbons (Fsp3) is 0.133. The van der Waals surface area contributed by atoms with E-state index >= 15 is 0 Å². The minimum absolute atomic E-state index is 0.256. The molecule has 0 spiro atoms. The number of nitrogens with one attached hydrogen (secondary N) is 1. The molecule has 2 rings (SSSR count). The maximum atomic E-state index is 13.5. The zero-order valence-electron chi connectivity index (χ0n) is 10.9. The molecule has 0 unspecified atom stereocenters. The third-order valence-electron chi connectivity index (χ3n) is 2.96. The Kier molecular flexibility index (Phi) is 4.60. The van der Waals surface area contributed by atoms with Crippen LogP contribution in [0.15, 0.2) is 39.3 Å². The molecule has 20 heavy (non-hydrogen) atoms. The van der Waals surface area contributed by atoms with E-state index in [1.807, 2.05) is 26.0 Å². The second kappa shape index (κ2) is 6.06. The quantitative estimate of drug-likeness (QED) is 0.735. The first-order chi connectivity index (χ1) is 9.38. The Morgan fingerprint density at radius 2 is 1.80 bits per heavy atom. The molecule has 0 aliphatic rings. The van der Waals surface area contributed by atoms with Crippen LogP contribution in [-0.2, 0) is 0 Å². The molecule has 0 aliphatic heterocycles. The average Bonchev–Trinajstić information content (AvgIpc) is 2.38. The molecule has 0 atom stereocenters. The summed E-state index contributed by atoms with van der Waals surface area (Å²) >= 11 is 6.46. The highest BCUT2D eigenvalue weighted by Crippen LogP contribution is 2.25. The Hall–Kier alpha value is -1.20. The van der Waals surface area contributed by atoms with Gasteiger partial charge in [-0.1, -0.05) is 22.0 Å². The zero-order chi connectivity index (χ0) is 14.9. The molecule has 0 aliphatic carbocycles. The summed E-state index contributed by atoms with van der Waals surface area (Å²) in [6.45, 7) is 3.67. The number of halogens is 3. The second-order valence-electron chi connectivity index (χ2n) is 4.49. The van der Waals surface area contributed by atoms with Crippen LogP contribution in [0.1, 0.15) is 21.5 Å². The lowest BCUT2D eigenvalue weighted by molar-refractivity contribution is 0.102. The lowest BCUT2D eigenvalue weighted by atomic mass is 10.1. The van der Waals surface area contributed by atoms with Crippen molar-refractivity contribution in [1.82, 2.24) is 0 Å². The predicted molar refractivity (Wildman–Crippen MR) is 85.7 cm³/mol. The Morgan fingerprint density at radius 3 is 2.50 bits per heavy atom. The maximum Gasteiger partial charge on any atom is 0.255 e. The van der Waals surface area contributed by atoms with Crippen LogP contribution in [0, 0.1) is 19.7 Å². The molecule has 1 amide bonds. The van der Waals surface area contributed by atoms with Crippen molar-refractivity contribution >= 4 is 43.5 Å². The molecule has 104 valence electrons. The van der Waals surface area contributed by atoms with Crippen LogP contribution in [0.2, 0.25) is 0 Å². The van der Waals surface area contributed by atoms with Crippen molar-refractivity contribution in [3.8, 4) is 0 Å². The predicted octanol–water partition coefficient (Wildman–Crippen LogP) is 5.22. The van der Waals surface area contributed by atoms with Gasteiger partial charge >= 0.3 is 0 Å². The van der Waals surface area contributed by atoms with Crippen LogP contribution in [0.25, 0.3) is 0 Å². The number of aryl methyl sites for hydroxylation is 2. The van der Waals surface area contributed by atoms with Gasteiger partial charge in [-0.05, 0) is 65.2 Å². The van der Waals surface area contributed by atoms with E-state index in [4.69, 9.17) is 0 Å². The summed E-state index contributed by atoms with van der Waals surface area (Å²) in [6, 6.07) is 8.42. The molecule has 2 aromatic rings. The standard InChI is InChI=1S/C15H12Br2FNO/c1-8-3-4-10(16)6-11(8)15(20)19-14-7-13(18)12(17)5-9(14)2/h3-7H,1-2H3,(H,19,20). The Morgan fingerprint density at radius 1 is 1.10 bits per heavy atom. The largest absolute Gasteiger partial charge is 0.322 e. The van der Waals surface area contributed by atoms with Gasteiger partial charge in [0.25, 0.3) is 5.91 Å². The van der Waals surface area contributed by atoms with Gasteiger partial charge in [-0.15, -0.1) is 0 Å². The fourth-order valence-corrected chi connectivity index (χ4v) is 2.63. The van der Waals surface area contributed by atoms with E-state index in [9.17, 15) is 9.18 Å². The molecule has 0 aromatic heterocycles. The fourth-order valence-electron chi connectivity index (χ4n) is 1.81. The number of anilines is 1. The molecule has 0 radical (unpaired) electrons. The van der Waals surface area contributed by atoms with Gasteiger partial charge in [0.2, 0.25) is 0 Å². The van der Waals surface area contributed by atoms with Gasteiger partial charge in [0.05, 0.1) is 4.47 Å². The number of hydrogen-bond acceptors (Lipinski definition) is 1. The molecular weight excluding hydrogens is 389 g/mol. The van der Waals surface area contributed by atoms with E-state index in [2.05, 4.69) is 37.2 Å². The molecule has 0 heterocycles. The minimum Gasteiger partial charge on any atom is -0.322 e. The highest BCUT2D eigenvalue weighted by Gasteiger charge is 2.12. The first-order valence-corrected chi connectivity index (χ1v) is 7.50. The summed E-state index contributed by atoms with van der Waals surface area (Å²) in [6.07, 6.45) is 0. The lowest BCUT2D eigenvalue weighted by Crippen LogP contribution is -2.14. The highest BCUT2D eigenvalue weighted by atomic mass is 79.9. The lowest BCUT2D eigenvalue weighted by Gasteiger charge is -2.11. The normalized spacial score (nSPS) is 10.4. The molecular formula is C15H12Br2FNO. The Labute approximate surface area is 133 Å². The van der Waals surface area contributed by atoms with E-state index in [0.717, 1.165) is 15.6 Å². The summed E-state index contributed by atoms with van der Waals surface area (Å²) in [5, 5.41) is 2.74. The Balaban J connectivity index is 2.32. The van der Waals surface area contributed by atoms with Gasteiger partial charge < -0.3 is 5.32 Å². The monoisotopic (exact) mass is 399 g/mol.